The normalized spacial score (nSPS) is 11.2. The van der Waals surface area contributed by atoms with Gasteiger partial charge in [0.05, 0.1) is 9.75 Å². The zero-order valence-electron chi connectivity index (χ0n) is 14.6. The fourth-order valence-electron chi connectivity index (χ4n) is 2.68. The molecule has 0 fully saturated rings. The summed E-state index contributed by atoms with van der Waals surface area (Å²) < 4.78 is 37.9. The van der Waals surface area contributed by atoms with Crippen LogP contribution in [0.25, 0.3) is 0 Å². The van der Waals surface area contributed by atoms with E-state index in [9.17, 15) is 22.8 Å². The Morgan fingerprint density at radius 1 is 0.750 bits per heavy atom. The van der Waals surface area contributed by atoms with Crippen molar-refractivity contribution in [2.75, 3.05) is 0 Å². The number of nitrogens with zero attached hydrogens (tertiary/aromatic N) is 1. The van der Waals surface area contributed by atoms with Crippen LogP contribution in [0.3, 0.4) is 0 Å². The van der Waals surface area contributed by atoms with E-state index in [0.29, 0.717) is 24.4 Å². The molecule has 28 heavy (non-hydrogen) atoms. The molecule has 0 saturated heterocycles. The van der Waals surface area contributed by atoms with Crippen LogP contribution in [0.15, 0.2) is 72.8 Å². The van der Waals surface area contributed by atoms with Crippen LogP contribution < -0.4 is 0 Å². The van der Waals surface area contributed by atoms with E-state index in [1.165, 1.54) is 6.07 Å². The van der Waals surface area contributed by atoms with Crippen LogP contribution in [0.2, 0.25) is 0 Å². The van der Waals surface area contributed by atoms with E-state index in [4.69, 9.17) is 0 Å². The van der Waals surface area contributed by atoms with Gasteiger partial charge in [-0.15, -0.1) is 11.3 Å². The second kappa shape index (κ2) is 8.39. The first-order chi connectivity index (χ1) is 13.3. The maximum Gasteiger partial charge on any atom is 0.455 e. The van der Waals surface area contributed by atoms with Gasteiger partial charge in [0, 0.05) is 13.1 Å². The number of ketones is 1. The second-order valence-corrected chi connectivity index (χ2v) is 7.21. The summed E-state index contributed by atoms with van der Waals surface area (Å²) in [5, 5.41) is 0. The summed E-state index contributed by atoms with van der Waals surface area (Å²) in [6.45, 7) is 0.601. The van der Waals surface area contributed by atoms with E-state index in [0.717, 1.165) is 17.2 Å². The summed E-state index contributed by atoms with van der Waals surface area (Å²) in [6, 6.07) is 21.0. The van der Waals surface area contributed by atoms with Crippen molar-refractivity contribution in [3.63, 3.8) is 0 Å². The van der Waals surface area contributed by atoms with Crippen LogP contribution >= 0.6 is 11.3 Å². The zero-order valence-corrected chi connectivity index (χ0v) is 15.5. The van der Waals surface area contributed by atoms with Crippen molar-refractivity contribution < 1.29 is 22.8 Å². The molecule has 7 heteroatoms. The molecule has 0 aliphatic rings. The van der Waals surface area contributed by atoms with E-state index in [1.807, 2.05) is 60.7 Å². The van der Waals surface area contributed by atoms with Crippen molar-refractivity contribution >= 4 is 23.0 Å². The van der Waals surface area contributed by atoms with Gasteiger partial charge in [-0.25, -0.2) is 0 Å². The molecule has 1 heterocycles. The summed E-state index contributed by atoms with van der Waals surface area (Å²) >= 11 is 0.565. The molecule has 0 aliphatic heterocycles. The van der Waals surface area contributed by atoms with E-state index < -0.39 is 22.7 Å². The lowest BCUT2D eigenvalue weighted by atomic mass is 10.1. The van der Waals surface area contributed by atoms with Crippen LogP contribution in [0.5, 0.6) is 0 Å². The third-order valence-electron chi connectivity index (χ3n) is 4.02. The van der Waals surface area contributed by atoms with Crippen LogP contribution in [0.1, 0.15) is 30.5 Å². The lowest BCUT2D eigenvalue weighted by molar-refractivity contribution is -0.0882. The third kappa shape index (κ3) is 4.86. The Kier molecular flexibility index (Phi) is 5.94. The number of hydrogen-bond donors (Lipinski definition) is 0. The summed E-state index contributed by atoms with van der Waals surface area (Å²) in [6.07, 6.45) is -4.96. The summed E-state index contributed by atoms with van der Waals surface area (Å²) in [4.78, 5) is 25.6. The molecule has 3 rings (SSSR count). The number of amides is 1. The minimum absolute atomic E-state index is 0.0967. The number of rotatable bonds is 6. The SMILES string of the molecule is O=C(c1ccc(C(=O)C(F)(F)F)s1)N(Cc1ccccc1)Cc1ccccc1. The van der Waals surface area contributed by atoms with Crippen LogP contribution in [-0.2, 0) is 13.1 Å². The van der Waals surface area contributed by atoms with Gasteiger partial charge in [0.2, 0.25) is 0 Å². The predicted octanol–water partition coefficient (Wildman–Crippen LogP) is 5.34. The Bertz CT molecular complexity index is 911. The number of alkyl halides is 3. The molecule has 0 N–H and O–H groups in total. The number of thiophene rings is 1. The van der Waals surface area contributed by atoms with Crippen molar-refractivity contribution in [2.45, 2.75) is 19.3 Å². The highest BCUT2D eigenvalue weighted by atomic mass is 32.1. The molecule has 0 radical (unpaired) electrons. The Morgan fingerprint density at radius 3 is 1.68 bits per heavy atom. The molecule has 3 aromatic rings. The molecule has 0 atom stereocenters. The number of benzene rings is 2. The van der Waals surface area contributed by atoms with Crippen molar-refractivity contribution in [1.82, 2.24) is 4.90 Å². The van der Waals surface area contributed by atoms with Gasteiger partial charge in [-0.3, -0.25) is 9.59 Å². The van der Waals surface area contributed by atoms with Gasteiger partial charge in [0.25, 0.3) is 11.7 Å². The van der Waals surface area contributed by atoms with Gasteiger partial charge in [-0.1, -0.05) is 60.7 Å². The van der Waals surface area contributed by atoms with Crippen molar-refractivity contribution in [3.05, 3.63) is 93.7 Å². The molecular formula is C21H16F3NO2S. The predicted molar refractivity (Wildman–Crippen MR) is 101 cm³/mol. The minimum Gasteiger partial charge on any atom is -0.329 e. The van der Waals surface area contributed by atoms with Crippen molar-refractivity contribution in [1.29, 1.82) is 0 Å². The Hall–Kier alpha value is -2.93. The summed E-state index contributed by atoms with van der Waals surface area (Å²) in [5.41, 5.74) is 1.80. The van der Waals surface area contributed by atoms with E-state index in [2.05, 4.69) is 0 Å². The van der Waals surface area contributed by atoms with Gasteiger partial charge in [-0.05, 0) is 23.3 Å². The van der Waals surface area contributed by atoms with Crippen LogP contribution in [-0.4, -0.2) is 22.8 Å². The van der Waals surface area contributed by atoms with Crippen LogP contribution in [0, 0.1) is 0 Å². The summed E-state index contributed by atoms with van der Waals surface area (Å²) in [5.74, 6) is -2.35. The second-order valence-electron chi connectivity index (χ2n) is 6.12. The lowest BCUT2D eigenvalue weighted by Gasteiger charge is -2.22. The highest BCUT2D eigenvalue weighted by molar-refractivity contribution is 7.16. The molecular weight excluding hydrogens is 387 g/mol. The number of hydrogen-bond acceptors (Lipinski definition) is 3. The smallest absolute Gasteiger partial charge is 0.329 e. The first kappa shape index (κ1) is 19.8. The Balaban J connectivity index is 1.86. The molecule has 3 nitrogen and oxygen atoms in total. The molecule has 0 aliphatic carbocycles. The maximum atomic E-state index is 13.0. The molecule has 0 spiro atoms. The molecule has 0 saturated carbocycles. The van der Waals surface area contributed by atoms with E-state index in [-0.39, 0.29) is 4.88 Å². The molecule has 1 amide bonds. The van der Waals surface area contributed by atoms with Gasteiger partial charge >= 0.3 is 6.18 Å². The minimum atomic E-state index is -4.96. The number of carbonyl (C=O) groups excluding carboxylic acids is 2. The maximum absolute atomic E-state index is 13.0. The molecule has 0 bridgehead atoms. The van der Waals surface area contributed by atoms with Crippen molar-refractivity contribution in [2.24, 2.45) is 0 Å². The topological polar surface area (TPSA) is 37.4 Å². The van der Waals surface area contributed by atoms with Gasteiger partial charge in [-0.2, -0.15) is 13.2 Å². The Labute approximate surface area is 164 Å². The van der Waals surface area contributed by atoms with Crippen molar-refractivity contribution in [3.8, 4) is 0 Å². The van der Waals surface area contributed by atoms with Gasteiger partial charge in [0.1, 0.15) is 0 Å². The van der Waals surface area contributed by atoms with E-state index >= 15 is 0 Å². The quantitative estimate of drug-likeness (QED) is 0.522. The van der Waals surface area contributed by atoms with Gasteiger partial charge < -0.3 is 4.90 Å². The summed E-state index contributed by atoms with van der Waals surface area (Å²) in [7, 11) is 0. The number of halogens is 3. The largest absolute Gasteiger partial charge is 0.455 e. The molecule has 1 aromatic heterocycles. The average molecular weight is 403 g/mol. The number of carbonyl (C=O) groups is 2. The molecule has 144 valence electrons. The monoisotopic (exact) mass is 403 g/mol. The standard InChI is InChI=1S/C21H16F3NO2S/c22-21(23,24)19(26)17-11-12-18(28-17)20(27)25(13-15-7-3-1-4-8-15)14-16-9-5-2-6-10-16/h1-12H,13-14H2. The third-order valence-corrected chi connectivity index (χ3v) is 5.09. The fourth-order valence-corrected chi connectivity index (χ4v) is 3.61. The molecule has 0 unspecified atom stereocenters. The zero-order chi connectivity index (χ0) is 20.1. The first-order valence-electron chi connectivity index (χ1n) is 8.43. The highest BCUT2D eigenvalue weighted by Gasteiger charge is 2.40. The Morgan fingerprint density at radius 2 is 1.21 bits per heavy atom. The highest BCUT2D eigenvalue weighted by Crippen LogP contribution is 2.27. The van der Waals surface area contributed by atoms with Gasteiger partial charge in [0.15, 0.2) is 0 Å². The average Bonchev–Trinajstić information content (AvgIpc) is 3.17. The van der Waals surface area contributed by atoms with E-state index in [1.54, 1.807) is 4.90 Å². The lowest BCUT2D eigenvalue weighted by Crippen LogP contribution is -2.29. The molecule has 2 aromatic carbocycles. The fraction of sp³-hybridized carbons (Fsp3) is 0.143. The first-order valence-corrected chi connectivity index (χ1v) is 9.25. The van der Waals surface area contributed by atoms with Crippen LogP contribution in [0.4, 0.5) is 13.2 Å². The number of Topliss-reactive ketones (excluding diaryl/α,β-unsaturated/α-hetero) is 1.